The Morgan fingerprint density at radius 1 is 1.33 bits per heavy atom. The summed E-state index contributed by atoms with van der Waals surface area (Å²) in [5.74, 6) is 1.28. The molecule has 0 unspecified atom stereocenters. The molecule has 1 N–H and O–H groups in total. The summed E-state index contributed by atoms with van der Waals surface area (Å²) < 4.78 is 11.7. The van der Waals surface area contributed by atoms with Crippen LogP contribution in [0.25, 0.3) is 0 Å². The first-order chi connectivity index (χ1) is 10.1. The Balaban J connectivity index is 2.01. The fourth-order valence-electron chi connectivity index (χ4n) is 1.81. The van der Waals surface area contributed by atoms with Crippen molar-refractivity contribution in [2.45, 2.75) is 13.5 Å². The zero-order valence-corrected chi connectivity index (χ0v) is 14.2. The minimum Gasteiger partial charge on any atom is -0.493 e. The molecule has 1 amide bonds. The van der Waals surface area contributed by atoms with Crippen LogP contribution in [0, 0.1) is 0 Å². The van der Waals surface area contributed by atoms with Crippen molar-refractivity contribution in [1.82, 2.24) is 5.32 Å². The number of methoxy groups -OCH3 is 1. The van der Waals surface area contributed by atoms with Gasteiger partial charge < -0.3 is 14.8 Å². The van der Waals surface area contributed by atoms with Crippen LogP contribution in [0.5, 0.6) is 11.5 Å². The second-order valence-electron chi connectivity index (χ2n) is 4.24. The van der Waals surface area contributed by atoms with Gasteiger partial charge in [-0.2, -0.15) is 0 Å². The number of ether oxygens (including phenoxy) is 2. The van der Waals surface area contributed by atoms with Crippen molar-refractivity contribution < 1.29 is 14.3 Å². The molecule has 0 fully saturated rings. The number of halogens is 1. The van der Waals surface area contributed by atoms with E-state index in [1.807, 2.05) is 30.5 Å². The standard InChI is InChI=1S/C15H16BrNO3S/c1-3-20-12-5-4-10(6-13(12)19-2)8-17-15(18)11-7-14(16)21-9-11/h4-7,9H,3,8H2,1-2H3,(H,17,18). The van der Waals surface area contributed by atoms with Crippen LogP contribution in [0.1, 0.15) is 22.8 Å². The normalized spacial score (nSPS) is 10.2. The van der Waals surface area contributed by atoms with Crippen LogP contribution in [0.3, 0.4) is 0 Å². The number of nitrogens with one attached hydrogen (secondary N) is 1. The van der Waals surface area contributed by atoms with Crippen LogP contribution in [-0.2, 0) is 6.54 Å². The average molecular weight is 370 g/mol. The molecule has 1 aromatic carbocycles. The smallest absolute Gasteiger partial charge is 0.252 e. The quantitative estimate of drug-likeness (QED) is 0.840. The molecule has 0 atom stereocenters. The van der Waals surface area contributed by atoms with Crippen molar-refractivity contribution in [3.8, 4) is 11.5 Å². The topological polar surface area (TPSA) is 47.6 Å². The predicted molar refractivity (Wildman–Crippen MR) is 87.4 cm³/mol. The molecule has 0 spiro atoms. The number of thiophene rings is 1. The van der Waals surface area contributed by atoms with Crippen LogP contribution >= 0.6 is 27.3 Å². The molecule has 6 heteroatoms. The zero-order valence-electron chi connectivity index (χ0n) is 11.8. The lowest BCUT2D eigenvalue weighted by Gasteiger charge is -2.11. The molecule has 1 heterocycles. The second kappa shape index (κ2) is 7.47. The predicted octanol–water partition coefficient (Wildman–Crippen LogP) is 3.85. The molecule has 2 rings (SSSR count). The summed E-state index contributed by atoms with van der Waals surface area (Å²) in [5.41, 5.74) is 1.61. The number of amides is 1. The van der Waals surface area contributed by atoms with E-state index in [9.17, 15) is 4.79 Å². The van der Waals surface area contributed by atoms with Crippen LogP contribution in [0.15, 0.2) is 33.4 Å². The summed E-state index contributed by atoms with van der Waals surface area (Å²) in [7, 11) is 1.60. The number of rotatable bonds is 6. The van der Waals surface area contributed by atoms with E-state index in [0.29, 0.717) is 30.2 Å². The van der Waals surface area contributed by atoms with Gasteiger partial charge in [0, 0.05) is 11.9 Å². The van der Waals surface area contributed by atoms with Crippen LogP contribution < -0.4 is 14.8 Å². The van der Waals surface area contributed by atoms with Gasteiger partial charge in [0.25, 0.3) is 5.91 Å². The van der Waals surface area contributed by atoms with Gasteiger partial charge in [-0.1, -0.05) is 6.07 Å². The molecular formula is C15H16BrNO3S. The van der Waals surface area contributed by atoms with Gasteiger partial charge in [0.05, 0.1) is 23.1 Å². The van der Waals surface area contributed by atoms with Crippen molar-refractivity contribution in [1.29, 1.82) is 0 Å². The van der Waals surface area contributed by atoms with Gasteiger partial charge in [-0.05, 0) is 46.6 Å². The first-order valence-electron chi connectivity index (χ1n) is 6.46. The molecule has 0 bridgehead atoms. The summed E-state index contributed by atoms with van der Waals surface area (Å²) in [4.78, 5) is 12.0. The maximum absolute atomic E-state index is 12.0. The molecule has 4 nitrogen and oxygen atoms in total. The molecule has 0 aliphatic carbocycles. The fraction of sp³-hybridized carbons (Fsp3) is 0.267. The van der Waals surface area contributed by atoms with Crippen molar-refractivity contribution in [3.05, 3.63) is 44.6 Å². The minimum absolute atomic E-state index is 0.0928. The third kappa shape index (κ3) is 4.22. The third-order valence-corrected chi connectivity index (χ3v) is 4.32. The molecule has 112 valence electrons. The van der Waals surface area contributed by atoms with Gasteiger partial charge in [0.2, 0.25) is 0 Å². The lowest BCUT2D eigenvalue weighted by atomic mass is 10.2. The third-order valence-electron chi connectivity index (χ3n) is 2.81. The van der Waals surface area contributed by atoms with Crippen LogP contribution in [0.4, 0.5) is 0 Å². The highest BCUT2D eigenvalue weighted by molar-refractivity contribution is 9.11. The highest BCUT2D eigenvalue weighted by atomic mass is 79.9. The summed E-state index contributed by atoms with van der Waals surface area (Å²) in [6, 6.07) is 7.44. The Bertz CT molecular complexity index is 627. The van der Waals surface area contributed by atoms with Gasteiger partial charge in [-0.15, -0.1) is 11.3 Å². The Hall–Kier alpha value is -1.53. The first kappa shape index (κ1) is 15.9. The van der Waals surface area contributed by atoms with Gasteiger partial charge >= 0.3 is 0 Å². The number of carbonyl (C=O) groups is 1. The van der Waals surface area contributed by atoms with Crippen molar-refractivity contribution in [2.75, 3.05) is 13.7 Å². The van der Waals surface area contributed by atoms with E-state index in [1.165, 1.54) is 11.3 Å². The Kier molecular flexibility index (Phi) is 5.64. The number of carbonyl (C=O) groups excluding carboxylic acids is 1. The monoisotopic (exact) mass is 369 g/mol. The Morgan fingerprint density at radius 2 is 2.14 bits per heavy atom. The molecule has 0 aliphatic heterocycles. The van der Waals surface area contributed by atoms with Crippen molar-refractivity contribution in [3.63, 3.8) is 0 Å². The maximum atomic E-state index is 12.0. The highest BCUT2D eigenvalue weighted by Crippen LogP contribution is 2.28. The van der Waals surface area contributed by atoms with Gasteiger partial charge in [-0.25, -0.2) is 0 Å². The summed E-state index contributed by atoms with van der Waals surface area (Å²) in [6.45, 7) is 2.95. The van der Waals surface area contributed by atoms with Crippen molar-refractivity contribution >= 4 is 33.2 Å². The maximum Gasteiger partial charge on any atom is 0.252 e. The lowest BCUT2D eigenvalue weighted by Crippen LogP contribution is -2.22. The van der Waals surface area contributed by atoms with Gasteiger partial charge in [0.1, 0.15) is 0 Å². The molecule has 21 heavy (non-hydrogen) atoms. The molecule has 1 aromatic heterocycles. The van der Waals surface area contributed by atoms with E-state index in [-0.39, 0.29) is 5.91 Å². The molecule has 0 saturated heterocycles. The minimum atomic E-state index is -0.0928. The number of hydrogen-bond donors (Lipinski definition) is 1. The number of hydrogen-bond acceptors (Lipinski definition) is 4. The SMILES string of the molecule is CCOc1ccc(CNC(=O)c2csc(Br)c2)cc1OC. The Morgan fingerprint density at radius 3 is 2.76 bits per heavy atom. The van der Waals surface area contributed by atoms with Gasteiger partial charge in [0.15, 0.2) is 11.5 Å². The second-order valence-corrected chi connectivity index (χ2v) is 6.53. The Labute approximate surface area is 136 Å². The molecule has 0 radical (unpaired) electrons. The van der Waals surface area contributed by atoms with Crippen molar-refractivity contribution in [2.24, 2.45) is 0 Å². The van der Waals surface area contributed by atoms with E-state index in [0.717, 1.165) is 9.35 Å². The molecule has 0 saturated carbocycles. The summed E-state index contributed by atoms with van der Waals surface area (Å²) in [6.07, 6.45) is 0. The van der Waals surface area contributed by atoms with E-state index in [2.05, 4.69) is 21.2 Å². The summed E-state index contributed by atoms with van der Waals surface area (Å²) >= 11 is 4.83. The largest absolute Gasteiger partial charge is 0.493 e. The average Bonchev–Trinajstić information content (AvgIpc) is 2.92. The number of benzene rings is 1. The van der Waals surface area contributed by atoms with Crippen LogP contribution in [0.2, 0.25) is 0 Å². The highest BCUT2D eigenvalue weighted by Gasteiger charge is 2.09. The van der Waals surface area contributed by atoms with E-state index >= 15 is 0 Å². The van der Waals surface area contributed by atoms with E-state index in [1.54, 1.807) is 13.2 Å². The lowest BCUT2D eigenvalue weighted by molar-refractivity contribution is 0.0951. The van der Waals surface area contributed by atoms with Gasteiger partial charge in [-0.3, -0.25) is 4.79 Å². The summed E-state index contributed by atoms with van der Waals surface area (Å²) in [5, 5.41) is 4.70. The fourth-order valence-corrected chi connectivity index (χ4v) is 2.95. The molecule has 0 aliphatic rings. The van der Waals surface area contributed by atoms with E-state index < -0.39 is 0 Å². The molecular weight excluding hydrogens is 354 g/mol. The van der Waals surface area contributed by atoms with E-state index in [4.69, 9.17) is 9.47 Å². The zero-order chi connectivity index (χ0) is 15.2. The first-order valence-corrected chi connectivity index (χ1v) is 8.13. The molecule has 2 aromatic rings. The van der Waals surface area contributed by atoms with Crippen LogP contribution in [-0.4, -0.2) is 19.6 Å².